The minimum Gasteiger partial charge on any atom is -0.330 e. The number of aromatic nitrogens is 2. The average Bonchev–Trinajstić information content (AvgIpc) is 2.75. The zero-order chi connectivity index (χ0) is 14.0. The average molecular weight is 262 g/mol. The highest BCUT2D eigenvalue weighted by molar-refractivity contribution is 5.75. The Hall–Kier alpha value is -1.59. The molecule has 2 aromatic rings. The molecule has 104 valence electrons. The van der Waals surface area contributed by atoms with E-state index in [1.165, 1.54) is 0 Å². The van der Waals surface area contributed by atoms with Gasteiger partial charge in [0.2, 0.25) is 0 Å². The first-order chi connectivity index (χ1) is 8.95. The Morgan fingerprint density at radius 3 is 2.63 bits per heavy atom. The fourth-order valence-electron chi connectivity index (χ4n) is 2.29. The molecule has 2 rings (SSSR count). The molecule has 0 amide bonds. The maximum atomic E-state index is 11.3. The molecule has 0 saturated heterocycles. The minimum absolute atomic E-state index is 0.0776. The van der Waals surface area contributed by atoms with Crippen LogP contribution in [0.25, 0.3) is 11.0 Å². The standard InChI is InChI=1S/C14H22N4O/c1-14(2,8-15)7-12(16-3)9-4-5-10-11(6-9)18-13(19)17-10/h4-6,12,16H,7-8,15H2,1-3H3,(H2,17,18,19). The molecule has 1 heterocycles. The van der Waals surface area contributed by atoms with E-state index in [0.717, 1.165) is 23.0 Å². The number of imidazole rings is 1. The molecule has 0 aliphatic carbocycles. The van der Waals surface area contributed by atoms with Gasteiger partial charge in [-0.1, -0.05) is 19.9 Å². The Bertz CT molecular complexity index is 611. The second-order valence-corrected chi connectivity index (χ2v) is 5.80. The third-order valence-electron chi connectivity index (χ3n) is 3.60. The van der Waals surface area contributed by atoms with E-state index in [1.807, 2.05) is 25.2 Å². The van der Waals surface area contributed by atoms with Crippen molar-refractivity contribution in [1.82, 2.24) is 15.3 Å². The fraction of sp³-hybridized carbons (Fsp3) is 0.500. The zero-order valence-corrected chi connectivity index (χ0v) is 11.7. The number of hydrogen-bond donors (Lipinski definition) is 4. The summed E-state index contributed by atoms with van der Waals surface area (Å²) >= 11 is 0. The van der Waals surface area contributed by atoms with Gasteiger partial charge in [-0.15, -0.1) is 0 Å². The molecular weight excluding hydrogens is 240 g/mol. The Balaban J connectivity index is 2.32. The predicted octanol–water partition coefficient (Wildman–Crippen LogP) is 1.49. The number of hydrogen-bond acceptors (Lipinski definition) is 3. The van der Waals surface area contributed by atoms with E-state index >= 15 is 0 Å². The van der Waals surface area contributed by atoms with E-state index < -0.39 is 0 Å². The molecule has 5 nitrogen and oxygen atoms in total. The van der Waals surface area contributed by atoms with Crippen molar-refractivity contribution < 1.29 is 0 Å². The molecule has 1 aromatic carbocycles. The Kier molecular flexibility index (Phi) is 3.78. The van der Waals surface area contributed by atoms with Gasteiger partial charge in [-0.05, 0) is 43.1 Å². The smallest absolute Gasteiger partial charge is 0.323 e. The van der Waals surface area contributed by atoms with Crippen molar-refractivity contribution >= 4 is 11.0 Å². The third-order valence-corrected chi connectivity index (χ3v) is 3.60. The molecule has 0 aliphatic heterocycles. The van der Waals surface area contributed by atoms with E-state index in [-0.39, 0.29) is 17.1 Å². The highest BCUT2D eigenvalue weighted by Crippen LogP contribution is 2.29. The Labute approximate surface area is 112 Å². The molecule has 0 saturated carbocycles. The van der Waals surface area contributed by atoms with Crippen LogP contribution >= 0.6 is 0 Å². The van der Waals surface area contributed by atoms with Gasteiger partial charge >= 0.3 is 5.69 Å². The van der Waals surface area contributed by atoms with Crippen LogP contribution in [-0.2, 0) is 0 Å². The third kappa shape index (κ3) is 3.05. The van der Waals surface area contributed by atoms with Crippen molar-refractivity contribution in [2.45, 2.75) is 26.3 Å². The summed E-state index contributed by atoms with van der Waals surface area (Å²) in [4.78, 5) is 16.8. The number of nitrogens with two attached hydrogens (primary N) is 1. The summed E-state index contributed by atoms with van der Waals surface area (Å²) in [7, 11) is 1.95. The topological polar surface area (TPSA) is 86.7 Å². The highest BCUT2D eigenvalue weighted by atomic mass is 16.1. The van der Waals surface area contributed by atoms with Crippen LogP contribution in [0.2, 0.25) is 0 Å². The van der Waals surface area contributed by atoms with Gasteiger partial charge in [0.15, 0.2) is 0 Å². The Morgan fingerprint density at radius 2 is 2.00 bits per heavy atom. The number of fused-ring (bicyclic) bond motifs is 1. The second-order valence-electron chi connectivity index (χ2n) is 5.80. The van der Waals surface area contributed by atoms with Crippen molar-refractivity contribution in [2.75, 3.05) is 13.6 Å². The summed E-state index contributed by atoms with van der Waals surface area (Å²) in [6.07, 6.45) is 0.945. The molecule has 0 fully saturated rings. The lowest BCUT2D eigenvalue weighted by atomic mass is 9.83. The molecule has 1 atom stereocenters. The van der Waals surface area contributed by atoms with Crippen LogP contribution in [0.5, 0.6) is 0 Å². The van der Waals surface area contributed by atoms with Crippen molar-refractivity contribution in [1.29, 1.82) is 0 Å². The number of H-pyrrole nitrogens is 2. The van der Waals surface area contributed by atoms with Crippen molar-refractivity contribution in [3.05, 3.63) is 34.2 Å². The first-order valence-electron chi connectivity index (χ1n) is 6.54. The first-order valence-corrected chi connectivity index (χ1v) is 6.54. The minimum atomic E-state index is -0.171. The predicted molar refractivity (Wildman–Crippen MR) is 78.2 cm³/mol. The number of rotatable bonds is 5. The summed E-state index contributed by atoms with van der Waals surface area (Å²) in [6.45, 7) is 4.97. The molecule has 5 heteroatoms. The maximum absolute atomic E-state index is 11.3. The van der Waals surface area contributed by atoms with E-state index in [2.05, 4.69) is 29.1 Å². The number of benzene rings is 1. The van der Waals surface area contributed by atoms with Crippen LogP contribution in [0.4, 0.5) is 0 Å². The normalized spacial score (nSPS) is 13.9. The van der Waals surface area contributed by atoms with Gasteiger partial charge in [0.05, 0.1) is 11.0 Å². The molecule has 0 aliphatic rings. The van der Waals surface area contributed by atoms with Crippen molar-refractivity contribution in [3.63, 3.8) is 0 Å². The van der Waals surface area contributed by atoms with Crippen molar-refractivity contribution in [2.24, 2.45) is 11.1 Å². The summed E-state index contributed by atoms with van der Waals surface area (Å²) in [5.41, 5.74) is 8.54. The lowest BCUT2D eigenvalue weighted by molar-refractivity contribution is 0.299. The quantitative estimate of drug-likeness (QED) is 0.658. The molecule has 1 aromatic heterocycles. The largest absolute Gasteiger partial charge is 0.330 e. The molecule has 0 spiro atoms. The van der Waals surface area contributed by atoms with Gasteiger partial charge in [0.1, 0.15) is 0 Å². The van der Waals surface area contributed by atoms with Gasteiger partial charge in [0.25, 0.3) is 0 Å². The van der Waals surface area contributed by atoms with Crippen LogP contribution in [0, 0.1) is 5.41 Å². The van der Waals surface area contributed by atoms with Gasteiger partial charge in [-0.2, -0.15) is 0 Å². The summed E-state index contributed by atoms with van der Waals surface area (Å²) < 4.78 is 0. The summed E-state index contributed by atoms with van der Waals surface area (Å²) in [5.74, 6) is 0. The lowest BCUT2D eigenvalue weighted by Crippen LogP contribution is -2.30. The second kappa shape index (κ2) is 5.19. The van der Waals surface area contributed by atoms with Gasteiger partial charge in [-0.25, -0.2) is 4.79 Å². The molecular formula is C14H22N4O. The SMILES string of the molecule is CNC(CC(C)(C)CN)c1ccc2[nH]c(=O)[nH]c2c1. The fourth-order valence-corrected chi connectivity index (χ4v) is 2.29. The molecule has 5 N–H and O–H groups in total. The zero-order valence-electron chi connectivity index (χ0n) is 11.7. The number of nitrogens with one attached hydrogen (secondary N) is 3. The maximum Gasteiger partial charge on any atom is 0.323 e. The van der Waals surface area contributed by atoms with Gasteiger partial charge in [0, 0.05) is 6.04 Å². The molecule has 19 heavy (non-hydrogen) atoms. The van der Waals surface area contributed by atoms with E-state index in [4.69, 9.17) is 5.73 Å². The number of aromatic amines is 2. The van der Waals surface area contributed by atoms with Crippen LogP contribution in [0.3, 0.4) is 0 Å². The van der Waals surface area contributed by atoms with Crippen LogP contribution in [0.1, 0.15) is 31.9 Å². The van der Waals surface area contributed by atoms with E-state index in [9.17, 15) is 4.79 Å². The molecule has 0 radical (unpaired) electrons. The monoisotopic (exact) mass is 262 g/mol. The highest BCUT2D eigenvalue weighted by Gasteiger charge is 2.22. The molecule has 0 bridgehead atoms. The van der Waals surface area contributed by atoms with Crippen LogP contribution < -0.4 is 16.7 Å². The first kappa shape index (κ1) is 13.8. The Morgan fingerprint density at radius 1 is 1.32 bits per heavy atom. The van der Waals surface area contributed by atoms with Crippen LogP contribution in [-0.4, -0.2) is 23.6 Å². The van der Waals surface area contributed by atoms with Crippen LogP contribution in [0.15, 0.2) is 23.0 Å². The van der Waals surface area contributed by atoms with Crippen molar-refractivity contribution in [3.8, 4) is 0 Å². The summed E-state index contributed by atoms with van der Waals surface area (Å²) in [5, 5.41) is 3.32. The van der Waals surface area contributed by atoms with E-state index in [1.54, 1.807) is 0 Å². The summed E-state index contributed by atoms with van der Waals surface area (Å²) in [6, 6.07) is 6.21. The molecule has 1 unspecified atom stereocenters. The lowest BCUT2D eigenvalue weighted by Gasteiger charge is -2.28. The van der Waals surface area contributed by atoms with Gasteiger partial charge in [-0.3, -0.25) is 0 Å². The van der Waals surface area contributed by atoms with E-state index in [0.29, 0.717) is 6.54 Å². The van der Waals surface area contributed by atoms with Gasteiger partial charge < -0.3 is 21.0 Å².